The van der Waals surface area contributed by atoms with E-state index >= 15 is 0 Å². The Bertz CT molecular complexity index is 327. The smallest absolute Gasteiger partial charge is 0.239 e. The number of carbonyl (C=O) groups excluding carboxylic acids is 2. The Hall–Kier alpha value is -1.86. The number of nitrogens with two attached hydrogens (primary N) is 2. The molecule has 7 N–H and O–H groups in total. The lowest BCUT2D eigenvalue weighted by Crippen LogP contribution is -2.32. The molecule has 7 heteroatoms. The Labute approximate surface area is 86.1 Å². The molecule has 0 aliphatic carbocycles. The van der Waals surface area contributed by atoms with Gasteiger partial charge >= 0.3 is 0 Å². The number of hydrogen-bond acceptors (Lipinski definition) is 4. The molecule has 0 aromatic carbocycles. The minimum absolute atomic E-state index is 0.154. The van der Waals surface area contributed by atoms with E-state index in [0.29, 0.717) is 11.4 Å². The van der Waals surface area contributed by atoms with Gasteiger partial charge in [-0.05, 0) is 12.1 Å². The summed E-state index contributed by atoms with van der Waals surface area (Å²) in [4.78, 5) is 24.7. The first-order valence-electron chi connectivity index (χ1n) is 4.31. The van der Waals surface area contributed by atoms with Crippen LogP contribution in [0.5, 0.6) is 0 Å². The molecule has 0 aliphatic heterocycles. The van der Waals surface area contributed by atoms with Crippen molar-refractivity contribution in [3.8, 4) is 0 Å². The maximum Gasteiger partial charge on any atom is 0.239 e. The number of aromatic amines is 1. The third-order valence-corrected chi connectivity index (χ3v) is 1.83. The minimum Gasteiger partial charge on any atom is -0.361 e. The highest BCUT2D eigenvalue weighted by Crippen LogP contribution is 2.03. The van der Waals surface area contributed by atoms with Gasteiger partial charge in [-0.1, -0.05) is 0 Å². The molecule has 7 nitrogen and oxygen atoms in total. The van der Waals surface area contributed by atoms with Gasteiger partial charge in [0, 0.05) is 11.4 Å². The molecular weight excluding hydrogens is 198 g/mol. The molecule has 0 radical (unpaired) electrons. The van der Waals surface area contributed by atoms with E-state index in [1.54, 1.807) is 12.1 Å². The van der Waals surface area contributed by atoms with Crippen LogP contribution >= 0.6 is 0 Å². The molecule has 0 atom stereocenters. The van der Waals surface area contributed by atoms with Crippen molar-refractivity contribution in [3.63, 3.8) is 0 Å². The highest BCUT2D eigenvalue weighted by atomic mass is 16.2. The molecule has 15 heavy (non-hydrogen) atoms. The summed E-state index contributed by atoms with van der Waals surface area (Å²) in [7, 11) is 0. The largest absolute Gasteiger partial charge is 0.361 e. The molecular formula is C8H13N5O2. The Morgan fingerprint density at radius 3 is 1.80 bits per heavy atom. The summed E-state index contributed by atoms with van der Waals surface area (Å²) in [5.41, 5.74) is 5.42. The standard InChI is InChI=1S/C8H13N5O2/c9-12-7(14)3-5-1-2-6(11-5)4-8(15)13-10/h1-2,11H,3-4,9-10H2,(H,12,14)(H,13,15). The third-order valence-electron chi connectivity index (χ3n) is 1.83. The van der Waals surface area contributed by atoms with Crippen LogP contribution in [0.15, 0.2) is 12.1 Å². The van der Waals surface area contributed by atoms with E-state index < -0.39 is 0 Å². The van der Waals surface area contributed by atoms with E-state index in [-0.39, 0.29) is 24.7 Å². The number of nitrogens with one attached hydrogen (secondary N) is 3. The van der Waals surface area contributed by atoms with E-state index in [2.05, 4.69) is 4.98 Å². The van der Waals surface area contributed by atoms with Gasteiger partial charge in [0.2, 0.25) is 11.8 Å². The lowest BCUT2D eigenvalue weighted by Gasteiger charge is -1.98. The first-order chi connectivity index (χ1) is 7.15. The van der Waals surface area contributed by atoms with Crippen molar-refractivity contribution < 1.29 is 9.59 Å². The molecule has 0 saturated heterocycles. The number of hydrazine groups is 2. The molecule has 0 aliphatic rings. The zero-order valence-electron chi connectivity index (χ0n) is 8.04. The van der Waals surface area contributed by atoms with Crippen LogP contribution in [0, 0.1) is 0 Å². The van der Waals surface area contributed by atoms with Crippen molar-refractivity contribution in [1.29, 1.82) is 0 Å². The van der Waals surface area contributed by atoms with Gasteiger partial charge in [-0.25, -0.2) is 11.7 Å². The van der Waals surface area contributed by atoms with Crippen LogP contribution in [0.3, 0.4) is 0 Å². The fraction of sp³-hybridized carbons (Fsp3) is 0.250. The number of amides is 2. The van der Waals surface area contributed by atoms with E-state index in [0.717, 1.165) is 0 Å². The van der Waals surface area contributed by atoms with Crippen molar-refractivity contribution in [2.75, 3.05) is 0 Å². The molecule has 2 amide bonds. The minimum atomic E-state index is -0.299. The Kier molecular flexibility index (Phi) is 3.83. The lowest BCUT2D eigenvalue weighted by molar-refractivity contribution is -0.121. The van der Waals surface area contributed by atoms with Gasteiger partial charge in [0.25, 0.3) is 0 Å². The zero-order valence-corrected chi connectivity index (χ0v) is 8.04. The molecule has 0 bridgehead atoms. The van der Waals surface area contributed by atoms with Crippen molar-refractivity contribution in [3.05, 3.63) is 23.5 Å². The maximum absolute atomic E-state index is 10.9. The summed E-state index contributed by atoms with van der Waals surface area (Å²) >= 11 is 0. The average Bonchev–Trinajstić information content (AvgIpc) is 2.65. The summed E-state index contributed by atoms with van der Waals surface area (Å²) in [6.45, 7) is 0. The summed E-state index contributed by atoms with van der Waals surface area (Å²) in [6.07, 6.45) is 0.307. The van der Waals surface area contributed by atoms with Crippen molar-refractivity contribution in [2.24, 2.45) is 11.7 Å². The quantitative estimate of drug-likeness (QED) is 0.226. The monoisotopic (exact) mass is 211 g/mol. The van der Waals surface area contributed by atoms with E-state index in [1.807, 2.05) is 10.9 Å². The number of carbonyl (C=O) groups is 2. The van der Waals surface area contributed by atoms with Crippen LogP contribution in [0.2, 0.25) is 0 Å². The van der Waals surface area contributed by atoms with Gasteiger partial charge in [0.1, 0.15) is 0 Å². The van der Waals surface area contributed by atoms with E-state index in [4.69, 9.17) is 11.7 Å². The van der Waals surface area contributed by atoms with Gasteiger partial charge in [-0.3, -0.25) is 20.4 Å². The molecule has 0 unspecified atom stereocenters. The van der Waals surface area contributed by atoms with Gasteiger partial charge < -0.3 is 4.98 Å². The second-order valence-corrected chi connectivity index (χ2v) is 3.00. The van der Waals surface area contributed by atoms with Crippen LogP contribution in [0.4, 0.5) is 0 Å². The van der Waals surface area contributed by atoms with Crippen molar-refractivity contribution in [1.82, 2.24) is 15.8 Å². The summed E-state index contributed by atoms with van der Waals surface area (Å²) in [5, 5.41) is 0. The van der Waals surface area contributed by atoms with Gasteiger partial charge in [0.05, 0.1) is 12.8 Å². The van der Waals surface area contributed by atoms with Gasteiger partial charge in [-0.15, -0.1) is 0 Å². The predicted octanol–water partition coefficient (Wildman–Crippen LogP) is -1.92. The number of aromatic nitrogens is 1. The van der Waals surface area contributed by atoms with Crippen molar-refractivity contribution >= 4 is 11.8 Å². The molecule has 1 heterocycles. The van der Waals surface area contributed by atoms with E-state index in [1.165, 1.54) is 0 Å². The fourth-order valence-corrected chi connectivity index (χ4v) is 1.15. The molecule has 82 valence electrons. The molecule has 0 spiro atoms. The fourth-order valence-electron chi connectivity index (χ4n) is 1.15. The van der Waals surface area contributed by atoms with Gasteiger partial charge in [-0.2, -0.15) is 0 Å². The van der Waals surface area contributed by atoms with Crippen LogP contribution in [-0.4, -0.2) is 16.8 Å². The maximum atomic E-state index is 10.9. The van der Waals surface area contributed by atoms with E-state index in [9.17, 15) is 9.59 Å². The first kappa shape index (κ1) is 11.2. The van der Waals surface area contributed by atoms with Crippen LogP contribution in [0.1, 0.15) is 11.4 Å². The second kappa shape index (κ2) is 5.13. The average molecular weight is 211 g/mol. The van der Waals surface area contributed by atoms with Crippen LogP contribution in [-0.2, 0) is 22.4 Å². The van der Waals surface area contributed by atoms with Crippen molar-refractivity contribution in [2.45, 2.75) is 12.8 Å². The highest BCUT2D eigenvalue weighted by Gasteiger charge is 2.06. The number of rotatable bonds is 4. The summed E-state index contributed by atoms with van der Waals surface area (Å²) in [6, 6.07) is 3.43. The normalized spacial score (nSPS) is 9.73. The molecule has 1 aromatic heterocycles. The second-order valence-electron chi connectivity index (χ2n) is 3.00. The Morgan fingerprint density at radius 2 is 1.47 bits per heavy atom. The summed E-state index contributed by atoms with van der Waals surface area (Å²) in [5.74, 6) is 9.27. The molecule has 1 aromatic rings. The van der Waals surface area contributed by atoms with Gasteiger partial charge in [0.15, 0.2) is 0 Å². The Morgan fingerprint density at radius 1 is 1.07 bits per heavy atom. The zero-order chi connectivity index (χ0) is 11.3. The third kappa shape index (κ3) is 3.41. The Balaban J connectivity index is 2.56. The topological polar surface area (TPSA) is 126 Å². The lowest BCUT2D eigenvalue weighted by atomic mass is 10.3. The molecule has 0 saturated carbocycles. The number of hydrogen-bond donors (Lipinski definition) is 5. The van der Waals surface area contributed by atoms with Crippen LogP contribution < -0.4 is 22.5 Å². The molecule has 0 fully saturated rings. The highest BCUT2D eigenvalue weighted by molar-refractivity contribution is 5.78. The predicted molar refractivity (Wildman–Crippen MR) is 52.9 cm³/mol. The number of H-pyrrole nitrogens is 1. The first-order valence-corrected chi connectivity index (χ1v) is 4.31. The molecule has 1 rings (SSSR count). The van der Waals surface area contributed by atoms with Crippen LogP contribution in [0.25, 0.3) is 0 Å². The summed E-state index contributed by atoms with van der Waals surface area (Å²) < 4.78 is 0. The SMILES string of the molecule is NNC(=O)Cc1ccc(CC(=O)NN)[nH]1.